The minimum absolute atomic E-state index is 0.0407. The molecule has 0 saturated heterocycles. The van der Waals surface area contributed by atoms with Gasteiger partial charge < -0.3 is 10.6 Å². The highest BCUT2D eigenvalue weighted by Gasteiger charge is 2.44. The number of aromatic nitrogens is 2. The fraction of sp³-hybridized carbons (Fsp3) is 0.212. The number of hydrogen-bond acceptors (Lipinski definition) is 9. The number of amides is 2. The molecule has 0 radical (unpaired) electrons. The first kappa shape index (κ1) is 36.9. The zero-order valence-electron chi connectivity index (χ0n) is 26.5. The number of nitrogens with one attached hydrogen (secondary N) is 2. The summed E-state index contributed by atoms with van der Waals surface area (Å²) >= 11 is 12.9. The molecule has 2 heterocycles. The van der Waals surface area contributed by atoms with E-state index in [4.69, 9.17) is 23.2 Å². The molecule has 0 aliphatic heterocycles. The second-order valence-electron chi connectivity index (χ2n) is 11.6. The van der Waals surface area contributed by atoms with Gasteiger partial charge in [-0.15, -0.1) is 0 Å². The number of aryl methyl sites for hydroxylation is 1. The number of halogens is 2. The Labute approximate surface area is 293 Å². The molecule has 5 rings (SSSR count). The smallest absolute Gasteiger partial charge is 0.247 e. The van der Waals surface area contributed by atoms with Crippen molar-refractivity contribution >= 4 is 87.2 Å². The molecule has 2 N–H and O–H groups in total. The molecule has 252 valence electrons. The maximum atomic E-state index is 12.8. The van der Waals surface area contributed by atoms with Crippen molar-refractivity contribution in [2.24, 2.45) is 0 Å². The zero-order chi connectivity index (χ0) is 35.5. The van der Waals surface area contributed by atoms with Crippen molar-refractivity contribution in [3.8, 4) is 0 Å². The molecule has 5 aromatic rings. The van der Waals surface area contributed by atoms with Gasteiger partial charge in [-0.05, 0) is 107 Å². The lowest BCUT2D eigenvalue weighted by molar-refractivity contribution is -0.118. The van der Waals surface area contributed by atoms with Crippen LogP contribution in [0, 0.1) is 6.92 Å². The van der Waals surface area contributed by atoms with Crippen LogP contribution in [0.15, 0.2) is 101 Å². The normalized spacial score (nSPS) is 12.1. The number of benzene rings is 3. The molecule has 15 heteroatoms. The van der Waals surface area contributed by atoms with Crippen LogP contribution in [-0.2, 0) is 29.3 Å². The molecule has 0 unspecified atom stereocenters. The number of carbonyl (C=O) groups excluding carboxylic acids is 2. The second kappa shape index (κ2) is 14.3. The molecule has 0 aliphatic carbocycles. The van der Waals surface area contributed by atoms with Crippen molar-refractivity contribution in [3.05, 3.63) is 107 Å². The topological polar surface area (TPSA) is 152 Å². The molecule has 10 nitrogen and oxygen atoms in total. The third kappa shape index (κ3) is 7.87. The van der Waals surface area contributed by atoms with Gasteiger partial charge in [0.05, 0.1) is 20.0 Å². The van der Waals surface area contributed by atoms with Crippen LogP contribution in [0.1, 0.15) is 33.3 Å². The molecule has 0 aliphatic rings. The van der Waals surface area contributed by atoms with E-state index in [9.17, 15) is 26.4 Å². The third-order valence-electron chi connectivity index (χ3n) is 7.35. The number of hydrogen-bond donors (Lipinski definition) is 2. The van der Waals surface area contributed by atoms with Gasteiger partial charge in [0.1, 0.15) is 15.3 Å². The van der Waals surface area contributed by atoms with Crippen LogP contribution in [0.3, 0.4) is 0 Å². The molecule has 0 saturated carbocycles. The molecular weight excluding hydrogens is 715 g/mol. The minimum Gasteiger partial charge on any atom is -0.309 e. The van der Waals surface area contributed by atoms with Crippen LogP contribution in [0.5, 0.6) is 0 Å². The maximum absolute atomic E-state index is 12.8. The van der Waals surface area contributed by atoms with Crippen LogP contribution in [0.4, 0.5) is 10.9 Å². The summed E-state index contributed by atoms with van der Waals surface area (Å²) in [6.45, 7) is 7.34. The van der Waals surface area contributed by atoms with Gasteiger partial charge in [-0.3, -0.25) is 9.59 Å². The molecule has 2 aromatic heterocycles. The predicted molar refractivity (Wildman–Crippen MR) is 191 cm³/mol. The zero-order valence-corrected chi connectivity index (χ0v) is 30.4. The quantitative estimate of drug-likeness (QED) is 0.167. The van der Waals surface area contributed by atoms with E-state index in [1.54, 1.807) is 18.3 Å². The summed E-state index contributed by atoms with van der Waals surface area (Å²) < 4.78 is 48.7. The number of fused-ring (bicyclic) bond motifs is 1. The average molecular weight is 748 g/mol. The van der Waals surface area contributed by atoms with Crippen molar-refractivity contribution < 1.29 is 26.4 Å². The molecule has 2 amide bonds. The Balaban J connectivity index is 0.000000218. The number of anilines is 2. The number of sulfone groups is 2. The second-order valence-corrected chi connectivity index (χ2v) is 18.5. The average Bonchev–Trinajstić information content (AvgIpc) is 3.45. The number of rotatable bonds is 8. The molecule has 0 spiro atoms. The Morgan fingerprint density at radius 2 is 1.17 bits per heavy atom. The van der Waals surface area contributed by atoms with Crippen molar-refractivity contribution in [3.63, 3.8) is 0 Å². The molecule has 0 atom stereocenters. The van der Waals surface area contributed by atoms with Gasteiger partial charge in [-0.2, -0.15) is 0 Å². The summed E-state index contributed by atoms with van der Waals surface area (Å²) in [5, 5.41) is 6.38. The monoisotopic (exact) mass is 746 g/mol. The Morgan fingerprint density at radius 1 is 0.688 bits per heavy atom. The largest absolute Gasteiger partial charge is 0.309 e. The molecule has 48 heavy (non-hydrogen) atoms. The number of nitrogens with zero attached hydrogens (tertiary/aromatic N) is 2. The first-order valence-electron chi connectivity index (χ1n) is 14.3. The van der Waals surface area contributed by atoms with Gasteiger partial charge >= 0.3 is 0 Å². The van der Waals surface area contributed by atoms with E-state index in [2.05, 4.69) is 20.6 Å². The van der Waals surface area contributed by atoms with Crippen LogP contribution in [0.25, 0.3) is 10.2 Å². The van der Waals surface area contributed by atoms with Crippen LogP contribution in [-0.4, -0.2) is 48.1 Å². The standard InChI is InChI=1S/C17H15ClN2O3S2.C16H17ClN2O3S/c1-17(2,25(22,23)12-9-7-11(18)8-10-12)15(21)20-16-19-13-5-3-4-6-14(13)24-16;1-11-4-9-14(18-10-11)19-15(20)16(2,3)23(21,22)13-7-5-12(17)6-8-13/h3-10H,1-2H3,(H,19,20,21);4-10H,1-3H3,(H,18,19,20). The Kier molecular flexibility index (Phi) is 11.0. The van der Waals surface area contributed by atoms with E-state index < -0.39 is 41.0 Å². The fourth-order valence-corrected chi connectivity index (χ4v) is 7.91. The number of pyridine rings is 1. The lowest BCUT2D eigenvalue weighted by atomic mass is 10.2. The number of para-hydroxylation sites is 1. The number of thiazole rings is 1. The van der Waals surface area contributed by atoms with E-state index in [0.29, 0.717) is 21.0 Å². The Morgan fingerprint density at radius 3 is 1.62 bits per heavy atom. The lowest BCUT2D eigenvalue weighted by Gasteiger charge is -2.23. The summed E-state index contributed by atoms with van der Waals surface area (Å²) in [7, 11) is -7.78. The predicted octanol–water partition coefficient (Wildman–Crippen LogP) is 7.38. The van der Waals surface area contributed by atoms with Gasteiger partial charge in [0.15, 0.2) is 24.8 Å². The Hall–Kier alpha value is -3.88. The van der Waals surface area contributed by atoms with Crippen LogP contribution < -0.4 is 10.6 Å². The molecule has 0 bridgehead atoms. The number of carbonyl (C=O) groups is 2. The van der Waals surface area contributed by atoms with E-state index in [-0.39, 0.29) is 9.79 Å². The summed E-state index contributed by atoms with van der Waals surface area (Å²) in [5.41, 5.74) is 1.69. The van der Waals surface area contributed by atoms with Crippen molar-refractivity contribution in [1.29, 1.82) is 0 Å². The van der Waals surface area contributed by atoms with E-state index in [1.807, 2.05) is 31.2 Å². The maximum Gasteiger partial charge on any atom is 0.247 e. The summed E-state index contributed by atoms with van der Waals surface area (Å²) in [6, 6.07) is 22.3. The highest BCUT2D eigenvalue weighted by molar-refractivity contribution is 7.94. The molecule has 0 fully saturated rings. The van der Waals surface area contributed by atoms with Crippen LogP contribution >= 0.6 is 34.5 Å². The van der Waals surface area contributed by atoms with Crippen molar-refractivity contribution in [2.45, 2.75) is 53.9 Å². The first-order valence-corrected chi connectivity index (χ1v) is 18.8. The van der Waals surface area contributed by atoms with Gasteiger partial charge in [-0.1, -0.05) is 52.7 Å². The highest BCUT2D eigenvalue weighted by atomic mass is 35.5. The van der Waals surface area contributed by atoms with Crippen LogP contribution in [0.2, 0.25) is 10.0 Å². The molecular formula is C33H32Cl2N4O6S3. The van der Waals surface area contributed by atoms with Gasteiger partial charge in [0.2, 0.25) is 11.8 Å². The summed E-state index contributed by atoms with van der Waals surface area (Å²) in [6.07, 6.45) is 1.59. The first-order chi connectivity index (χ1) is 22.4. The lowest BCUT2D eigenvalue weighted by Crippen LogP contribution is -2.44. The highest BCUT2D eigenvalue weighted by Crippen LogP contribution is 2.31. The van der Waals surface area contributed by atoms with E-state index >= 15 is 0 Å². The van der Waals surface area contributed by atoms with Crippen molar-refractivity contribution in [1.82, 2.24) is 9.97 Å². The Bertz CT molecular complexity index is 2130. The van der Waals surface area contributed by atoms with Gasteiger partial charge in [0, 0.05) is 16.2 Å². The van der Waals surface area contributed by atoms with E-state index in [0.717, 1.165) is 15.8 Å². The molecule has 3 aromatic carbocycles. The van der Waals surface area contributed by atoms with Gasteiger partial charge in [-0.25, -0.2) is 26.8 Å². The minimum atomic E-state index is -3.90. The fourth-order valence-electron chi connectivity index (χ4n) is 4.04. The van der Waals surface area contributed by atoms with Crippen molar-refractivity contribution in [2.75, 3.05) is 10.6 Å². The van der Waals surface area contributed by atoms with E-state index in [1.165, 1.54) is 87.6 Å². The third-order valence-corrected chi connectivity index (χ3v) is 13.7. The summed E-state index contributed by atoms with van der Waals surface area (Å²) in [4.78, 5) is 33.5. The summed E-state index contributed by atoms with van der Waals surface area (Å²) in [5.74, 6) is -0.981. The SMILES string of the molecule is CC(C)(C(=O)Nc1nc2ccccc2s1)S(=O)(=O)c1ccc(Cl)cc1.Cc1ccc(NC(=O)C(C)(C)S(=O)(=O)c2ccc(Cl)cc2)nc1. The van der Waals surface area contributed by atoms with Gasteiger partial charge in [0.25, 0.3) is 0 Å².